The Labute approximate surface area is 118 Å². The molecule has 0 aliphatic carbocycles. The monoisotopic (exact) mass is 292 g/mol. The van der Waals surface area contributed by atoms with Crippen LogP contribution < -0.4 is 5.32 Å². The second-order valence-corrected chi connectivity index (χ2v) is 4.87. The number of nitrogens with one attached hydrogen (secondary N) is 1. The average molecular weight is 292 g/mol. The first-order chi connectivity index (χ1) is 9.54. The number of carboxylic acid groups (broad SMARTS) is 1. The van der Waals surface area contributed by atoms with E-state index in [9.17, 15) is 9.59 Å². The number of amides is 1. The van der Waals surface area contributed by atoms with E-state index >= 15 is 0 Å². The van der Waals surface area contributed by atoms with Crippen molar-refractivity contribution >= 4 is 29.3 Å². The highest BCUT2D eigenvalue weighted by molar-refractivity contribution is 7.09. The van der Waals surface area contributed by atoms with E-state index in [4.69, 9.17) is 9.52 Å². The molecule has 1 amide bonds. The second kappa shape index (κ2) is 6.16. The molecule has 104 valence electrons. The van der Waals surface area contributed by atoms with Crippen LogP contribution in [0.5, 0.6) is 0 Å². The molecule has 0 radical (unpaired) electrons. The van der Waals surface area contributed by atoms with Crippen LogP contribution in [-0.4, -0.2) is 22.0 Å². The fourth-order valence-corrected chi connectivity index (χ4v) is 2.12. The summed E-state index contributed by atoms with van der Waals surface area (Å²) < 4.78 is 5.28. The smallest absolute Gasteiger partial charge is 0.355 e. The Hall–Kier alpha value is -2.41. The number of aromatic nitrogens is 1. The van der Waals surface area contributed by atoms with Crippen LogP contribution in [0, 0.1) is 6.92 Å². The van der Waals surface area contributed by atoms with Crippen molar-refractivity contribution in [2.24, 2.45) is 0 Å². The van der Waals surface area contributed by atoms with E-state index in [1.807, 2.05) is 6.92 Å². The summed E-state index contributed by atoms with van der Waals surface area (Å²) in [6.07, 6.45) is 2.91. The molecule has 0 spiro atoms. The third-order valence-corrected chi connectivity index (χ3v) is 3.19. The molecule has 0 fully saturated rings. The lowest BCUT2D eigenvalue weighted by Gasteiger charge is -1.97. The first kappa shape index (κ1) is 14.0. The molecule has 2 heterocycles. The molecule has 0 saturated carbocycles. The van der Waals surface area contributed by atoms with Crippen LogP contribution in [0.3, 0.4) is 0 Å². The summed E-state index contributed by atoms with van der Waals surface area (Å²) in [5.74, 6) is -0.00727. The molecule has 20 heavy (non-hydrogen) atoms. The highest BCUT2D eigenvalue weighted by atomic mass is 32.1. The number of hydrogen-bond donors (Lipinski definition) is 2. The van der Waals surface area contributed by atoms with E-state index in [2.05, 4.69) is 10.3 Å². The molecule has 2 N–H and O–H groups in total. The minimum atomic E-state index is -1.08. The molecule has 2 rings (SSSR count). The van der Waals surface area contributed by atoms with Gasteiger partial charge in [0.25, 0.3) is 0 Å². The minimum absolute atomic E-state index is 0.0131. The first-order valence-electron chi connectivity index (χ1n) is 5.74. The number of carboxylic acids is 1. The highest BCUT2D eigenvalue weighted by Crippen LogP contribution is 2.10. The third kappa shape index (κ3) is 3.79. The Kier molecular flexibility index (Phi) is 4.31. The van der Waals surface area contributed by atoms with Crippen molar-refractivity contribution in [3.8, 4) is 0 Å². The highest BCUT2D eigenvalue weighted by Gasteiger charge is 2.08. The molecule has 0 bridgehead atoms. The SMILES string of the molecule is Cc1ccc(C=CC(=O)NCc2nc(C(=O)O)cs2)o1. The van der Waals surface area contributed by atoms with Gasteiger partial charge in [0.05, 0.1) is 6.54 Å². The molecule has 2 aromatic heterocycles. The molecular weight excluding hydrogens is 280 g/mol. The lowest BCUT2D eigenvalue weighted by molar-refractivity contribution is -0.116. The van der Waals surface area contributed by atoms with E-state index in [1.165, 1.54) is 22.8 Å². The van der Waals surface area contributed by atoms with Gasteiger partial charge < -0.3 is 14.8 Å². The summed E-state index contributed by atoms with van der Waals surface area (Å²) in [4.78, 5) is 26.1. The van der Waals surface area contributed by atoms with Crippen molar-refractivity contribution in [3.63, 3.8) is 0 Å². The van der Waals surface area contributed by atoms with E-state index in [0.29, 0.717) is 10.8 Å². The molecule has 0 atom stereocenters. The number of thiazole rings is 1. The standard InChI is InChI=1S/C13H12N2O4S/c1-8-2-3-9(19-8)4-5-11(16)14-6-12-15-10(7-20-12)13(17)18/h2-5,7H,6H2,1H3,(H,14,16)(H,17,18). The van der Waals surface area contributed by atoms with Crippen molar-refractivity contribution in [2.75, 3.05) is 0 Å². The maximum Gasteiger partial charge on any atom is 0.355 e. The molecule has 6 nitrogen and oxygen atoms in total. The van der Waals surface area contributed by atoms with Crippen LogP contribution >= 0.6 is 11.3 Å². The van der Waals surface area contributed by atoms with Crippen LogP contribution in [-0.2, 0) is 11.3 Å². The van der Waals surface area contributed by atoms with Gasteiger partial charge in [0, 0.05) is 11.5 Å². The first-order valence-corrected chi connectivity index (χ1v) is 6.62. The number of nitrogens with zero attached hydrogens (tertiary/aromatic N) is 1. The van der Waals surface area contributed by atoms with E-state index in [-0.39, 0.29) is 18.1 Å². The predicted octanol–water partition coefficient (Wildman–Crippen LogP) is 2.07. The van der Waals surface area contributed by atoms with Gasteiger partial charge in [-0.05, 0) is 25.1 Å². The zero-order chi connectivity index (χ0) is 14.5. The van der Waals surface area contributed by atoms with Crippen LogP contribution in [0.1, 0.15) is 27.0 Å². The van der Waals surface area contributed by atoms with Gasteiger partial charge >= 0.3 is 5.97 Å². The molecule has 0 saturated heterocycles. The molecule has 0 aliphatic rings. The van der Waals surface area contributed by atoms with Gasteiger partial charge in [-0.2, -0.15) is 0 Å². The molecule has 0 aromatic carbocycles. The molecule has 0 aliphatic heterocycles. The number of aryl methyl sites for hydroxylation is 1. The number of rotatable bonds is 5. The molecule has 2 aromatic rings. The molecule has 7 heteroatoms. The van der Waals surface area contributed by atoms with Crippen LogP contribution in [0.2, 0.25) is 0 Å². The summed E-state index contributed by atoms with van der Waals surface area (Å²) >= 11 is 1.19. The van der Waals surface area contributed by atoms with Gasteiger partial charge in [0.15, 0.2) is 5.69 Å². The normalized spacial score (nSPS) is 10.8. The van der Waals surface area contributed by atoms with Crippen LogP contribution in [0.15, 0.2) is 28.0 Å². The maximum absolute atomic E-state index is 11.6. The number of aromatic carboxylic acids is 1. The number of furan rings is 1. The van der Waals surface area contributed by atoms with Gasteiger partial charge in [-0.3, -0.25) is 4.79 Å². The number of hydrogen-bond acceptors (Lipinski definition) is 5. The zero-order valence-corrected chi connectivity index (χ0v) is 11.4. The predicted molar refractivity (Wildman–Crippen MR) is 73.4 cm³/mol. The second-order valence-electron chi connectivity index (χ2n) is 3.93. The van der Waals surface area contributed by atoms with Crippen LogP contribution in [0.25, 0.3) is 6.08 Å². The number of carbonyl (C=O) groups is 2. The van der Waals surface area contributed by atoms with E-state index < -0.39 is 5.97 Å². The van der Waals surface area contributed by atoms with Crippen LogP contribution in [0.4, 0.5) is 0 Å². The fourth-order valence-electron chi connectivity index (χ4n) is 1.41. The van der Waals surface area contributed by atoms with Crippen molar-refractivity contribution in [2.45, 2.75) is 13.5 Å². The van der Waals surface area contributed by atoms with Gasteiger partial charge in [-0.25, -0.2) is 9.78 Å². The Morgan fingerprint density at radius 1 is 1.50 bits per heavy atom. The summed E-state index contributed by atoms with van der Waals surface area (Å²) in [7, 11) is 0. The summed E-state index contributed by atoms with van der Waals surface area (Å²) in [5.41, 5.74) is -0.0131. The maximum atomic E-state index is 11.6. The summed E-state index contributed by atoms with van der Waals surface area (Å²) in [5, 5.41) is 13.3. The zero-order valence-electron chi connectivity index (χ0n) is 10.6. The Morgan fingerprint density at radius 3 is 2.90 bits per heavy atom. The lowest BCUT2D eigenvalue weighted by Crippen LogP contribution is -2.20. The third-order valence-electron chi connectivity index (χ3n) is 2.34. The summed E-state index contributed by atoms with van der Waals surface area (Å²) in [6, 6.07) is 3.57. The fraction of sp³-hybridized carbons (Fsp3) is 0.154. The largest absolute Gasteiger partial charge is 0.476 e. The Balaban J connectivity index is 1.85. The Bertz CT molecular complexity index is 657. The lowest BCUT2D eigenvalue weighted by atomic mass is 10.4. The summed E-state index contributed by atoms with van der Waals surface area (Å²) in [6.45, 7) is 2.01. The van der Waals surface area contributed by atoms with Crippen molar-refractivity contribution in [1.29, 1.82) is 0 Å². The van der Waals surface area contributed by atoms with Gasteiger partial charge in [0.1, 0.15) is 16.5 Å². The van der Waals surface area contributed by atoms with E-state index in [0.717, 1.165) is 5.76 Å². The van der Waals surface area contributed by atoms with Gasteiger partial charge in [0.2, 0.25) is 5.91 Å². The Morgan fingerprint density at radius 2 is 2.30 bits per heavy atom. The average Bonchev–Trinajstić information content (AvgIpc) is 3.03. The quantitative estimate of drug-likeness (QED) is 0.823. The van der Waals surface area contributed by atoms with Gasteiger partial charge in [-0.15, -0.1) is 11.3 Å². The molecular formula is C13H12N2O4S. The van der Waals surface area contributed by atoms with Crippen molar-refractivity contribution in [3.05, 3.63) is 45.8 Å². The van der Waals surface area contributed by atoms with E-state index in [1.54, 1.807) is 18.2 Å². The number of carbonyl (C=O) groups excluding carboxylic acids is 1. The molecule has 0 unspecified atom stereocenters. The topological polar surface area (TPSA) is 92.4 Å². The van der Waals surface area contributed by atoms with Crippen molar-refractivity contribution < 1.29 is 19.1 Å². The van der Waals surface area contributed by atoms with Gasteiger partial charge in [-0.1, -0.05) is 0 Å². The van der Waals surface area contributed by atoms with Crippen molar-refractivity contribution in [1.82, 2.24) is 10.3 Å². The minimum Gasteiger partial charge on any atom is -0.476 e.